The quantitative estimate of drug-likeness (QED) is 0.353. The molecule has 26 heavy (non-hydrogen) atoms. The molecule has 1 atom stereocenters. The van der Waals surface area contributed by atoms with Gasteiger partial charge in [0, 0.05) is 19.0 Å². The normalized spacial score (nSPS) is 12.8. The molecule has 0 unspecified atom stereocenters. The van der Waals surface area contributed by atoms with E-state index < -0.39 is 0 Å². The van der Waals surface area contributed by atoms with E-state index in [-0.39, 0.29) is 0 Å². The fraction of sp³-hybridized carbons (Fsp3) is 0.625. The highest BCUT2D eigenvalue weighted by Crippen LogP contribution is 2.19. The van der Waals surface area contributed by atoms with Crippen molar-refractivity contribution in [2.45, 2.75) is 91.5 Å². The number of carbonyl (C=O) groups is 1. The van der Waals surface area contributed by atoms with Gasteiger partial charge >= 0.3 is 0 Å². The van der Waals surface area contributed by atoms with Gasteiger partial charge in [-0.05, 0) is 38.2 Å². The molecule has 1 rings (SSSR count). The van der Waals surface area contributed by atoms with E-state index in [1.807, 2.05) is 0 Å². The van der Waals surface area contributed by atoms with Gasteiger partial charge in [0.2, 0.25) is 5.91 Å². The molecule has 0 heterocycles. The van der Waals surface area contributed by atoms with Crippen LogP contribution in [0.5, 0.6) is 0 Å². The van der Waals surface area contributed by atoms with Gasteiger partial charge in [0.15, 0.2) is 0 Å². The van der Waals surface area contributed by atoms with Gasteiger partial charge in [-0.1, -0.05) is 88.4 Å². The standard InChI is InChI=1S/C24H39NO/c1-5-8-11-17-23(19-22-15-13-10-14-16-22)20-25(21(4)7-3)24(26)18-12-9-6-2/h10,13-16,19,21H,5-9,11-12,17-18,20H2,1-4H3/b23-19+/t21-/m1/s1. The minimum absolute atomic E-state index is 0.300. The summed E-state index contributed by atoms with van der Waals surface area (Å²) in [6.07, 6.45) is 12.1. The highest BCUT2D eigenvalue weighted by atomic mass is 16.2. The number of amides is 1. The summed E-state index contributed by atoms with van der Waals surface area (Å²) in [4.78, 5) is 15.0. The number of nitrogens with zero attached hydrogens (tertiary/aromatic N) is 1. The third-order valence-corrected chi connectivity index (χ3v) is 5.08. The van der Waals surface area contributed by atoms with Crippen LogP contribution < -0.4 is 0 Å². The lowest BCUT2D eigenvalue weighted by Crippen LogP contribution is -2.39. The number of hydrogen-bond acceptors (Lipinski definition) is 1. The molecular formula is C24H39NO. The van der Waals surface area contributed by atoms with Crippen LogP contribution in [-0.2, 0) is 4.79 Å². The molecule has 0 saturated carbocycles. The van der Waals surface area contributed by atoms with Crippen molar-refractivity contribution in [1.82, 2.24) is 4.90 Å². The molecule has 0 saturated heterocycles. The van der Waals surface area contributed by atoms with Crippen LogP contribution in [0.1, 0.15) is 91.0 Å². The van der Waals surface area contributed by atoms with Gasteiger partial charge in [-0.2, -0.15) is 0 Å². The molecule has 0 bridgehead atoms. The SMILES string of the molecule is CCCCCC(=O)N(C/C(=C/c1ccccc1)CCCCC)[C@H](C)CC. The number of unbranched alkanes of at least 4 members (excludes halogenated alkanes) is 4. The molecule has 0 radical (unpaired) electrons. The summed E-state index contributed by atoms with van der Waals surface area (Å²) in [6.45, 7) is 9.56. The Bertz CT molecular complexity index is 520. The number of benzene rings is 1. The minimum atomic E-state index is 0.300. The average molecular weight is 358 g/mol. The monoisotopic (exact) mass is 357 g/mol. The first kappa shape index (κ1) is 22.5. The molecule has 146 valence electrons. The lowest BCUT2D eigenvalue weighted by molar-refractivity contribution is -0.132. The number of carbonyl (C=O) groups excluding carboxylic acids is 1. The molecule has 0 N–H and O–H groups in total. The Labute approximate surface area is 161 Å². The van der Waals surface area contributed by atoms with E-state index in [0.29, 0.717) is 18.4 Å². The third kappa shape index (κ3) is 8.69. The first-order chi connectivity index (χ1) is 12.6. The van der Waals surface area contributed by atoms with Crippen LogP contribution >= 0.6 is 0 Å². The van der Waals surface area contributed by atoms with Crippen LogP contribution in [0.2, 0.25) is 0 Å². The Morgan fingerprint density at radius 3 is 2.15 bits per heavy atom. The Morgan fingerprint density at radius 2 is 1.58 bits per heavy atom. The first-order valence-electron chi connectivity index (χ1n) is 10.7. The van der Waals surface area contributed by atoms with Crippen molar-refractivity contribution in [3.63, 3.8) is 0 Å². The largest absolute Gasteiger partial charge is 0.336 e. The fourth-order valence-corrected chi connectivity index (χ4v) is 3.18. The van der Waals surface area contributed by atoms with Crippen molar-refractivity contribution in [3.8, 4) is 0 Å². The maximum atomic E-state index is 12.8. The van der Waals surface area contributed by atoms with Crippen molar-refractivity contribution < 1.29 is 4.79 Å². The Hall–Kier alpha value is -1.57. The second-order valence-corrected chi connectivity index (χ2v) is 7.41. The van der Waals surface area contributed by atoms with Crippen LogP contribution in [0.25, 0.3) is 6.08 Å². The van der Waals surface area contributed by atoms with Gasteiger partial charge in [0.1, 0.15) is 0 Å². The summed E-state index contributed by atoms with van der Waals surface area (Å²) < 4.78 is 0. The van der Waals surface area contributed by atoms with Gasteiger partial charge < -0.3 is 4.90 Å². The maximum absolute atomic E-state index is 12.8. The van der Waals surface area contributed by atoms with Gasteiger partial charge in [0.05, 0.1) is 0 Å². The van der Waals surface area contributed by atoms with Crippen LogP contribution in [0.3, 0.4) is 0 Å². The van der Waals surface area contributed by atoms with E-state index in [1.165, 1.54) is 30.4 Å². The Morgan fingerprint density at radius 1 is 0.962 bits per heavy atom. The third-order valence-electron chi connectivity index (χ3n) is 5.08. The summed E-state index contributed by atoms with van der Waals surface area (Å²) in [5.41, 5.74) is 2.62. The molecule has 0 aliphatic rings. The van der Waals surface area contributed by atoms with Crippen LogP contribution in [-0.4, -0.2) is 23.4 Å². The number of rotatable bonds is 13. The minimum Gasteiger partial charge on any atom is -0.336 e. The van der Waals surface area contributed by atoms with Crippen LogP contribution in [0, 0.1) is 0 Å². The second kappa shape index (κ2) is 13.6. The first-order valence-corrected chi connectivity index (χ1v) is 10.7. The average Bonchev–Trinajstić information content (AvgIpc) is 2.66. The summed E-state index contributed by atoms with van der Waals surface area (Å²) >= 11 is 0. The molecule has 2 heteroatoms. The van der Waals surface area contributed by atoms with E-state index in [2.05, 4.69) is 69.0 Å². The van der Waals surface area contributed by atoms with Crippen molar-refractivity contribution >= 4 is 12.0 Å². The Balaban J connectivity index is 2.90. The van der Waals surface area contributed by atoms with E-state index >= 15 is 0 Å². The van der Waals surface area contributed by atoms with Crippen molar-refractivity contribution in [2.24, 2.45) is 0 Å². The topological polar surface area (TPSA) is 20.3 Å². The molecule has 1 aromatic carbocycles. The zero-order valence-electron chi connectivity index (χ0n) is 17.5. The summed E-state index contributed by atoms with van der Waals surface area (Å²) in [6, 6.07) is 10.8. The number of hydrogen-bond donors (Lipinski definition) is 0. The zero-order valence-corrected chi connectivity index (χ0v) is 17.5. The molecule has 2 nitrogen and oxygen atoms in total. The van der Waals surface area contributed by atoms with E-state index in [1.54, 1.807) is 0 Å². The summed E-state index contributed by atoms with van der Waals surface area (Å²) in [5.74, 6) is 0.322. The van der Waals surface area contributed by atoms with Crippen molar-refractivity contribution in [1.29, 1.82) is 0 Å². The van der Waals surface area contributed by atoms with E-state index in [0.717, 1.165) is 38.6 Å². The van der Waals surface area contributed by atoms with Crippen LogP contribution in [0.15, 0.2) is 35.9 Å². The molecule has 0 aromatic heterocycles. The van der Waals surface area contributed by atoms with Gasteiger partial charge in [-0.25, -0.2) is 0 Å². The summed E-state index contributed by atoms with van der Waals surface area (Å²) in [7, 11) is 0. The predicted molar refractivity (Wildman–Crippen MR) is 114 cm³/mol. The van der Waals surface area contributed by atoms with E-state index in [4.69, 9.17) is 0 Å². The lowest BCUT2D eigenvalue weighted by Gasteiger charge is -2.30. The second-order valence-electron chi connectivity index (χ2n) is 7.41. The predicted octanol–water partition coefficient (Wildman–Crippen LogP) is 6.86. The lowest BCUT2D eigenvalue weighted by atomic mass is 10.0. The van der Waals surface area contributed by atoms with Crippen LogP contribution in [0.4, 0.5) is 0 Å². The van der Waals surface area contributed by atoms with Crippen molar-refractivity contribution in [2.75, 3.05) is 6.54 Å². The Kier molecular flexibility index (Phi) is 11.8. The highest BCUT2D eigenvalue weighted by Gasteiger charge is 2.19. The molecule has 1 aromatic rings. The molecular weight excluding hydrogens is 318 g/mol. The molecule has 1 amide bonds. The molecule has 0 aliphatic carbocycles. The molecule has 0 aliphatic heterocycles. The van der Waals surface area contributed by atoms with Crippen molar-refractivity contribution in [3.05, 3.63) is 41.5 Å². The van der Waals surface area contributed by atoms with Gasteiger partial charge in [0.25, 0.3) is 0 Å². The van der Waals surface area contributed by atoms with Gasteiger partial charge in [-0.3, -0.25) is 4.79 Å². The fourth-order valence-electron chi connectivity index (χ4n) is 3.18. The molecule has 0 fully saturated rings. The highest BCUT2D eigenvalue weighted by molar-refractivity contribution is 5.77. The molecule has 0 spiro atoms. The smallest absolute Gasteiger partial charge is 0.223 e. The zero-order chi connectivity index (χ0) is 19.2. The van der Waals surface area contributed by atoms with Gasteiger partial charge in [-0.15, -0.1) is 0 Å². The summed E-state index contributed by atoms with van der Waals surface area (Å²) in [5, 5.41) is 0. The maximum Gasteiger partial charge on any atom is 0.223 e. The van der Waals surface area contributed by atoms with E-state index in [9.17, 15) is 4.79 Å².